The summed E-state index contributed by atoms with van der Waals surface area (Å²) in [4.78, 5) is 12.0. The highest BCUT2D eigenvalue weighted by molar-refractivity contribution is 5.92. The molecule has 22 heavy (non-hydrogen) atoms. The van der Waals surface area contributed by atoms with E-state index in [9.17, 15) is 4.79 Å². The molecule has 1 N–H and O–H groups in total. The van der Waals surface area contributed by atoms with E-state index in [4.69, 9.17) is 18.7 Å². The van der Waals surface area contributed by atoms with Gasteiger partial charge in [-0.3, -0.25) is 4.79 Å². The summed E-state index contributed by atoms with van der Waals surface area (Å²) in [5, 5.41) is 6.42. The van der Waals surface area contributed by atoms with Crippen molar-refractivity contribution in [2.45, 2.75) is 13.5 Å². The van der Waals surface area contributed by atoms with Crippen molar-refractivity contribution in [1.82, 2.24) is 10.5 Å². The summed E-state index contributed by atoms with van der Waals surface area (Å²) in [6.45, 7) is 1.98. The molecule has 2 rings (SSSR count). The average molecular weight is 306 g/mol. The van der Waals surface area contributed by atoms with Gasteiger partial charge in [0.05, 0.1) is 21.3 Å². The van der Waals surface area contributed by atoms with E-state index in [1.54, 1.807) is 46.5 Å². The fourth-order valence-corrected chi connectivity index (χ4v) is 1.97. The van der Waals surface area contributed by atoms with Gasteiger partial charge in [0.25, 0.3) is 5.91 Å². The summed E-state index contributed by atoms with van der Waals surface area (Å²) in [6.07, 6.45) is 0. The zero-order valence-corrected chi connectivity index (χ0v) is 12.9. The van der Waals surface area contributed by atoms with Crippen LogP contribution in [0.15, 0.2) is 22.7 Å². The van der Waals surface area contributed by atoms with Crippen LogP contribution in [0.1, 0.15) is 21.8 Å². The standard InChI is InChI=1S/C15H18N2O5/c1-9-5-11(17-22-9)15(18)16-8-10-6-13(20-3)14(21-4)7-12(10)19-2/h5-7H,8H2,1-4H3,(H,16,18). The van der Waals surface area contributed by atoms with E-state index >= 15 is 0 Å². The Balaban J connectivity index is 2.16. The van der Waals surface area contributed by atoms with Gasteiger partial charge in [-0.1, -0.05) is 5.16 Å². The molecule has 0 saturated heterocycles. The minimum atomic E-state index is -0.325. The molecule has 0 atom stereocenters. The van der Waals surface area contributed by atoms with Gasteiger partial charge < -0.3 is 24.1 Å². The quantitative estimate of drug-likeness (QED) is 0.878. The summed E-state index contributed by atoms with van der Waals surface area (Å²) in [5.41, 5.74) is 0.991. The van der Waals surface area contributed by atoms with Crippen LogP contribution in [0, 0.1) is 6.92 Å². The first kappa shape index (κ1) is 15.7. The second-order valence-corrected chi connectivity index (χ2v) is 4.52. The summed E-state index contributed by atoms with van der Waals surface area (Å²) >= 11 is 0. The third kappa shape index (κ3) is 3.30. The normalized spacial score (nSPS) is 10.2. The average Bonchev–Trinajstić information content (AvgIpc) is 2.98. The van der Waals surface area contributed by atoms with Crippen molar-refractivity contribution in [3.05, 3.63) is 35.2 Å². The van der Waals surface area contributed by atoms with Crippen LogP contribution in [-0.2, 0) is 6.54 Å². The molecule has 1 aromatic carbocycles. The van der Waals surface area contributed by atoms with E-state index < -0.39 is 0 Å². The van der Waals surface area contributed by atoms with Crippen LogP contribution >= 0.6 is 0 Å². The second kappa shape index (κ2) is 6.84. The highest BCUT2D eigenvalue weighted by Gasteiger charge is 2.15. The fourth-order valence-electron chi connectivity index (χ4n) is 1.97. The Kier molecular flexibility index (Phi) is 4.88. The van der Waals surface area contributed by atoms with Crippen molar-refractivity contribution in [2.24, 2.45) is 0 Å². The van der Waals surface area contributed by atoms with E-state index in [1.165, 1.54) is 0 Å². The number of hydrogen-bond acceptors (Lipinski definition) is 6. The summed E-state index contributed by atoms with van der Waals surface area (Å²) in [6, 6.07) is 5.04. The monoisotopic (exact) mass is 306 g/mol. The van der Waals surface area contributed by atoms with E-state index in [0.717, 1.165) is 5.56 Å². The zero-order chi connectivity index (χ0) is 16.1. The van der Waals surface area contributed by atoms with Crippen molar-refractivity contribution in [3.63, 3.8) is 0 Å². The minimum absolute atomic E-state index is 0.233. The molecule has 2 aromatic rings. The van der Waals surface area contributed by atoms with Gasteiger partial charge in [0.15, 0.2) is 17.2 Å². The number of methoxy groups -OCH3 is 3. The highest BCUT2D eigenvalue weighted by Crippen LogP contribution is 2.34. The van der Waals surface area contributed by atoms with E-state index in [-0.39, 0.29) is 18.1 Å². The Morgan fingerprint density at radius 1 is 1.09 bits per heavy atom. The number of hydrogen-bond donors (Lipinski definition) is 1. The van der Waals surface area contributed by atoms with Crippen LogP contribution < -0.4 is 19.5 Å². The SMILES string of the molecule is COc1cc(OC)c(OC)cc1CNC(=O)c1cc(C)on1. The Morgan fingerprint density at radius 3 is 2.27 bits per heavy atom. The number of nitrogens with one attached hydrogen (secondary N) is 1. The predicted molar refractivity (Wildman–Crippen MR) is 78.5 cm³/mol. The first-order chi connectivity index (χ1) is 10.6. The molecule has 0 saturated carbocycles. The van der Waals surface area contributed by atoms with Gasteiger partial charge in [0, 0.05) is 24.2 Å². The molecular weight excluding hydrogens is 288 g/mol. The van der Waals surface area contributed by atoms with Crippen molar-refractivity contribution >= 4 is 5.91 Å². The summed E-state index contributed by atoms with van der Waals surface area (Å²) in [5.74, 6) is 1.96. The molecule has 0 aliphatic rings. The molecule has 0 aliphatic carbocycles. The van der Waals surface area contributed by atoms with Crippen LogP contribution in [0.4, 0.5) is 0 Å². The van der Waals surface area contributed by atoms with Gasteiger partial charge in [-0.25, -0.2) is 0 Å². The number of nitrogens with zero attached hydrogens (tertiary/aromatic N) is 1. The molecule has 1 heterocycles. The molecule has 0 radical (unpaired) electrons. The lowest BCUT2D eigenvalue weighted by atomic mass is 10.1. The first-order valence-electron chi connectivity index (χ1n) is 6.59. The Hall–Kier alpha value is -2.70. The third-order valence-corrected chi connectivity index (χ3v) is 3.09. The lowest BCUT2D eigenvalue weighted by Gasteiger charge is -2.14. The number of rotatable bonds is 6. The molecule has 0 bridgehead atoms. The van der Waals surface area contributed by atoms with Crippen molar-refractivity contribution in [3.8, 4) is 17.2 Å². The van der Waals surface area contributed by atoms with Crippen LogP contribution in [0.5, 0.6) is 17.2 Å². The van der Waals surface area contributed by atoms with Gasteiger partial charge in [0.1, 0.15) is 11.5 Å². The molecule has 0 spiro atoms. The molecule has 0 fully saturated rings. The summed E-state index contributed by atoms with van der Waals surface area (Å²) in [7, 11) is 4.64. The van der Waals surface area contributed by atoms with E-state index in [0.29, 0.717) is 23.0 Å². The zero-order valence-electron chi connectivity index (χ0n) is 12.9. The Bertz CT molecular complexity index is 666. The topological polar surface area (TPSA) is 82.8 Å². The van der Waals surface area contributed by atoms with Gasteiger partial charge in [0.2, 0.25) is 0 Å². The number of carbonyl (C=O) groups is 1. The second-order valence-electron chi connectivity index (χ2n) is 4.52. The number of benzene rings is 1. The number of aryl methyl sites for hydroxylation is 1. The Morgan fingerprint density at radius 2 is 1.73 bits per heavy atom. The molecule has 1 amide bonds. The molecule has 7 nitrogen and oxygen atoms in total. The van der Waals surface area contributed by atoms with Gasteiger partial charge in [-0.05, 0) is 13.0 Å². The van der Waals surface area contributed by atoms with Gasteiger partial charge in [-0.15, -0.1) is 0 Å². The van der Waals surface area contributed by atoms with Crippen LogP contribution in [-0.4, -0.2) is 32.4 Å². The number of ether oxygens (including phenoxy) is 3. The molecule has 118 valence electrons. The molecule has 0 unspecified atom stereocenters. The first-order valence-corrected chi connectivity index (χ1v) is 6.59. The van der Waals surface area contributed by atoms with Crippen molar-refractivity contribution < 1.29 is 23.5 Å². The molecular formula is C15H18N2O5. The van der Waals surface area contributed by atoms with E-state index in [1.807, 2.05) is 0 Å². The Labute approximate surface area is 128 Å². The van der Waals surface area contributed by atoms with Crippen LogP contribution in [0.2, 0.25) is 0 Å². The third-order valence-electron chi connectivity index (χ3n) is 3.09. The highest BCUT2D eigenvalue weighted by atomic mass is 16.5. The fraction of sp³-hybridized carbons (Fsp3) is 0.333. The largest absolute Gasteiger partial charge is 0.496 e. The number of carbonyl (C=O) groups excluding carboxylic acids is 1. The van der Waals surface area contributed by atoms with Crippen LogP contribution in [0.3, 0.4) is 0 Å². The number of aromatic nitrogens is 1. The summed E-state index contributed by atoms with van der Waals surface area (Å²) < 4.78 is 20.7. The van der Waals surface area contributed by atoms with Crippen molar-refractivity contribution in [1.29, 1.82) is 0 Å². The van der Waals surface area contributed by atoms with Gasteiger partial charge in [-0.2, -0.15) is 0 Å². The lowest BCUT2D eigenvalue weighted by molar-refractivity contribution is 0.0941. The molecule has 7 heteroatoms. The minimum Gasteiger partial charge on any atom is -0.496 e. The smallest absolute Gasteiger partial charge is 0.273 e. The molecule has 1 aromatic heterocycles. The maximum absolute atomic E-state index is 12.0. The predicted octanol–water partition coefficient (Wildman–Crippen LogP) is 1.94. The maximum atomic E-state index is 12.0. The van der Waals surface area contributed by atoms with Crippen LogP contribution in [0.25, 0.3) is 0 Å². The van der Waals surface area contributed by atoms with Gasteiger partial charge >= 0.3 is 0 Å². The molecule has 0 aliphatic heterocycles. The van der Waals surface area contributed by atoms with Crippen molar-refractivity contribution in [2.75, 3.05) is 21.3 Å². The maximum Gasteiger partial charge on any atom is 0.273 e. The van der Waals surface area contributed by atoms with E-state index in [2.05, 4.69) is 10.5 Å². The lowest BCUT2D eigenvalue weighted by Crippen LogP contribution is -2.23. The number of amides is 1.